The quantitative estimate of drug-likeness (QED) is 0.656. The SMILES string of the molecule is CCN(CC)S(=O)(=O)N1CCC[C@H](c2nc(C)c3c(n2)N(CC2CC2)C(=O)CC3)C1. The van der Waals surface area contributed by atoms with E-state index in [1.807, 2.05) is 25.7 Å². The molecule has 0 radical (unpaired) electrons. The number of hydrogen-bond donors (Lipinski definition) is 0. The first-order valence-electron chi connectivity index (χ1n) is 11.3. The average Bonchev–Trinajstić information content (AvgIpc) is 3.55. The van der Waals surface area contributed by atoms with Crippen molar-refractivity contribution in [1.82, 2.24) is 18.6 Å². The molecule has 2 fully saturated rings. The summed E-state index contributed by atoms with van der Waals surface area (Å²) in [5.74, 6) is 2.13. The zero-order chi connectivity index (χ0) is 21.5. The fourth-order valence-electron chi connectivity index (χ4n) is 4.61. The Hall–Kier alpha value is -1.58. The number of nitrogens with zero attached hydrogens (tertiary/aromatic N) is 5. The molecule has 30 heavy (non-hydrogen) atoms. The van der Waals surface area contributed by atoms with Crippen LogP contribution in [0.2, 0.25) is 0 Å². The van der Waals surface area contributed by atoms with Gasteiger partial charge >= 0.3 is 0 Å². The van der Waals surface area contributed by atoms with Gasteiger partial charge in [-0.15, -0.1) is 0 Å². The fraction of sp³-hybridized carbons (Fsp3) is 0.762. The Morgan fingerprint density at radius 3 is 2.50 bits per heavy atom. The van der Waals surface area contributed by atoms with Crippen LogP contribution in [-0.2, 0) is 21.4 Å². The van der Waals surface area contributed by atoms with E-state index in [4.69, 9.17) is 9.97 Å². The number of aryl methyl sites for hydroxylation is 1. The summed E-state index contributed by atoms with van der Waals surface area (Å²) in [5, 5.41) is 0. The summed E-state index contributed by atoms with van der Waals surface area (Å²) in [6.07, 6.45) is 5.21. The van der Waals surface area contributed by atoms with E-state index < -0.39 is 10.2 Å². The average molecular weight is 436 g/mol. The van der Waals surface area contributed by atoms with Crippen LogP contribution in [0.1, 0.15) is 69.0 Å². The lowest BCUT2D eigenvalue weighted by Crippen LogP contribution is -2.47. The van der Waals surface area contributed by atoms with Gasteiger partial charge in [0.25, 0.3) is 10.2 Å². The zero-order valence-electron chi connectivity index (χ0n) is 18.3. The third-order valence-electron chi connectivity index (χ3n) is 6.60. The molecule has 0 bridgehead atoms. The molecule has 8 nitrogen and oxygen atoms in total. The van der Waals surface area contributed by atoms with Gasteiger partial charge in [0.15, 0.2) is 0 Å². The lowest BCUT2D eigenvalue weighted by molar-refractivity contribution is -0.119. The van der Waals surface area contributed by atoms with Crippen molar-refractivity contribution in [3.05, 3.63) is 17.1 Å². The van der Waals surface area contributed by atoms with Crippen LogP contribution in [0.3, 0.4) is 0 Å². The standard InChI is InChI=1S/C21H33N5O3S/c1-4-24(5-2)30(28,29)25-12-6-7-17(14-25)20-22-15(3)18-10-11-19(27)26(21(18)23-20)13-16-8-9-16/h16-17H,4-14H2,1-3H3/t17-/m0/s1. The van der Waals surface area contributed by atoms with Gasteiger partial charge in [-0.1, -0.05) is 13.8 Å². The Kier molecular flexibility index (Phi) is 6.14. The van der Waals surface area contributed by atoms with Crippen LogP contribution in [0, 0.1) is 12.8 Å². The number of carbonyl (C=O) groups excluding carboxylic acids is 1. The van der Waals surface area contributed by atoms with Crippen LogP contribution < -0.4 is 4.90 Å². The van der Waals surface area contributed by atoms with E-state index in [2.05, 4.69) is 0 Å². The fourth-order valence-corrected chi connectivity index (χ4v) is 6.32. The third kappa shape index (κ3) is 4.11. The monoisotopic (exact) mass is 435 g/mol. The van der Waals surface area contributed by atoms with E-state index in [1.54, 1.807) is 4.31 Å². The molecule has 1 amide bonds. The highest BCUT2D eigenvalue weighted by molar-refractivity contribution is 7.86. The molecule has 166 valence electrons. The molecule has 9 heteroatoms. The van der Waals surface area contributed by atoms with E-state index in [0.717, 1.165) is 36.5 Å². The van der Waals surface area contributed by atoms with Crippen molar-refractivity contribution in [2.75, 3.05) is 37.6 Å². The number of rotatable bonds is 7. The molecule has 0 aromatic carbocycles. The molecule has 1 aliphatic carbocycles. The molecule has 1 aromatic heterocycles. The molecule has 2 aliphatic heterocycles. The van der Waals surface area contributed by atoms with Crippen LogP contribution in [-0.4, -0.2) is 65.6 Å². The predicted octanol–water partition coefficient (Wildman–Crippen LogP) is 2.24. The van der Waals surface area contributed by atoms with E-state index in [1.165, 1.54) is 17.1 Å². The Balaban J connectivity index is 1.62. The molecular weight excluding hydrogens is 402 g/mol. The van der Waals surface area contributed by atoms with Crippen molar-refractivity contribution < 1.29 is 13.2 Å². The Bertz CT molecular complexity index is 911. The Morgan fingerprint density at radius 2 is 1.83 bits per heavy atom. The lowest BCUT2D eigenvalue weighted by Gasteiger charge is -2.35. The molecule has 1 saturated carbocycles. The van der Waals surface area contributed by atoms with Crippen LogP contribution in [0.5, 0.6) is 0 Å². The summed E-state index contributed by atoms with van der Waals surface area (Å²) in [4.78, 5) is 24.1. The second-order valence-corrected chi connectivity index (χ2v) is 10.6. The van der Waals surface area contributed by atoms with Gasteiger partial charge in [-0.25, -0.2) is 9.97 Å². The summed E-state index contributed by atoms with van der Waals surface area (Å²) >= 11 is 0. The number of aromatic nitrogens is 2. The number of anilines is 1. The van der Waals surface area contributed by atoms with Crippen molar-refractivity contribution in [1.29, 1.82) is 0 Å². The van der Waals surface area contributed by atoms with Gasteiger partial charge in [-0.2, -0.15) is 17.0 Å². The van der Waals surface area contributed by atoms with Gasteiger partial charge in [0, 0.05) is 56.3 Å². The highest BCUT2D eigenvalue weighted by Crippen LogP contribution is 2.36. The first-order chi connectivity index (χ1) is 14.3. The number of amides is 1. The largest absolute Gasteiger partial charge is 0.296 e. The van der Waals surface area contributed by atoms with E-state index in [-0.39, 0.29) is 11.8 Å². The first-order valence-corrected chi connectivity index (χ1v) is 12.7. The normalized spacial score (nSPS) is 23.1. The Labute approximate surface area is 179 Å². The maximum atomic E-state index is 13.0. The molecule has 1 aromatic rings. The molecule has 0 spiro atoms. The number of fused-ring (bicyclic) bond motifs is 1. The van der Waals surface area contributed by atoms with Crippen LogP contribution in [0.4, 0.5) is 5.82 Å². The summed E-state index contributed by atoms with van der Waals surface area (Å²) in [6, 6.07) is 0. The number of piperidine rings is 1. The molecule has 1 atom stereocenters. The number of carbonyl (C=O) groups is 1. The predicted molar refractivity (Wildman–Crippen MR) is 116 cm³/mol. The van der Waals surface area contributed by atoms with Crippen LogP contribution in [0.25, 0.3) is 0 Å². The third-order valence-corrected chi connectivity index (χ3v) is 8.75. The van der Waals surface area contributed by atoms with Crippen molar-refractivity contribution in [2.24, 2.45) is 5.92 Å². The molecule has 1 saturated heterocycles. The second kappa shape index (κ2) is 8.51. The number of hydrogen-bond acceptors (Lipinski definition) is 5. The maximum Gasteiger partial charge on any atom is 0.281 e. The summed E-state index contributed by atoms with van der Waals surface area (Å²) < 4.78 is 29.1. The summed E-state index contributed by atoms with van der Waals surface area (Å²) in [5.41, 5.74) is 1.99. The van der Waals surface area contributed by atoms with Crippen LogP contribution >= 0.6 is 0 Å². The van der Waals surface area contributed by atoms with Gasteiger partial charge < -0.3 is 0 Å². The minimum atomic E-state index is -3.47. The molecule has 0 unspecified atom stereocenters. The van der Waals surface area contributed by atoms with Gasteiger partial charge in [-0.05, 0) is 44.9 Å². The zero-order valence-corrected chi connectivity index (χ0v) is 19.1. The molecule has 0 N–H and O–H groups in total. The van der Waals surface area contributed by atoms with E-state index in [0.29, 0.717) is 50.8 Å². The maximum absolute atomic E-state index is 13.0. The molecule has 3 aliphatic rings. The summed E-state index contributed by atoms with van der Waals surface area (Å²) in [7, 11) is -3.47. The van der Waals surface area contributed by atoms with Crippen molar-refractivity contribution in [3.8, 4) is 0 Å². The van der Waals surface area contributed by atoms with Gasteiger partial charge in [0.2, 0.25) is 5.91 Å². The minimum absolute atomic E-state index is 0.0482. The van der Waals surface area contributed by atoms with E-state index in [9.17, 15) is 13.2 Å². The Morgan fingerprint density at radius 1 is 1.10 bits per heavy atom. The molecule has 3 heterocycles. The van der Waals surface area contributed by atoms with Crippen LogP contribution in [0.15, 0.2) is 0 Å². The smallest absolute Gasteiger partial charge is 0.281 e. The van der Waals surface area contributed by atoms with E-state index >= 15 is 0 Å². The van der Waals surface area contributed by atoms with Crippen molar-refractivity contribution >= 4 is 21.9 Å². The van der Waals surface area contributed by atoms with Gasteiger partial charge in [-0.3, -0.25) is 9.69 Å². The molecular formula is C21H33N5O3S. The van der Waals surface area contributed by atoms with Gasteiger partial charge in [0.1, 0.15) is 11.6 Å². The lowest BCUT2D eigenvalue weighted by atomic mass is 9.97. The second-order valence-electron chi connectivity index (χ2n) is 8.71. The van der Waals surface area contributed by atoms with Crippen molar-refractivity contribution in [3.63, 3.8) is 0 Å². The topological polar surface area (TPSA) is 86.7 Å². The minimum Gasteiger partial charge on any atom is -0.296 e. The highest BCUT2D eigenvalue weighted by Gasteiger charge is 2.36. The van der Waals surface area contributed by atoms with Crippen molar-refractivity contribution in [2.45, 2.75) is 65.2 Å². The first kappa shape index (κ1) is 21.6. The molecule has 4 rings (SSSR count). The highest BCUT2D eigenvalue weighted by atomic mass is 32.2. The van der Waals surface area contributed by atoms with Gasteiger partial charge in [0.05, 0.1) is 0 Å². The summed E-state index contributed by atoms with van der Waals surface area (Å²) in [6.45, 7) is 8.32.